The first-order chi connectivity index (χ1) is 6.97. The van der Waals surface area contributed by atoms with E-state index < -0.39 is 0 Å². The summed E-state index contributed by atoms with van der Waals surface area (Å²) in [7, 11) is 0. The molecule has 15 heavy (non-hydrogen) atoms. The third kappa shape index (κ3) is 5.78. The highest BCUT2D eigenvalue weighted by atomic mass is 16.6. The van der Waals surface area contributed by atoms with Crippen LogP contribution >= 0.6 is 0 Å². The average molecular weight is 213 g/mol. The molecule has 3 heteroatoms. The van der Waals surface area contributed by atoms with E-state index in [1.165, 1.54) is 6.42 Å². The minimum atomic E-state index is -0.347. The molecule has 1 aliphatic rings. The van der Waals surface area contributed by atoms with E-state index in [-0.39, 0.29) is 11.6 Å². The van der Waals surface area contributed by atoms with E-state index in [0.717, 1.165) is 25.9 Å². The summed E-state index contributed by atoms with van der Waals surface area (Å²) in [5, 5.41) is 3.35. The molecular formula is C12H23NO2. The number of carbonyl (C=O) groups is 1. The van der Waals surface area contributed by atoms with Crippen LogP contribution in [0.4, 0.5) is 0 Å². The molecule has 0 saturated carbocycles. The molecule has 88 valence electrons. The van der Waals surface area contributed by atoms with Crippen molar-refractivity contribution in [1.82, 2.24) is 5.32 Å². The summed E-state index contributed by atoms with van der Waals surface area (Å²) in [5.74, 6) is 0.462. The Hall–Kier alpha value is -0.570. The van der Waals surface area contributed by atoms with Crippen LogP contribution in [-0.4, -0.2) is 24.7 Å². The molecule has 1 rings (SSSR count). The molecule has 1 unspecified atom stereocenters. The van der Waals surface area contributed by atoms with Crippen molar-refractivity contribution in [3.8, 4) is 0 Å². The highest BCUT2D eigenvalue weighted by molar-refractivity contribution is 5.70. The highest BCUT2D eigenvalue weighted by Crippen LogP contribution is 2.19. The van der Waals surface area contributed by atoms with Gasteiger partial charge in [0.2, 0.25) is 0 Å². The topological polar surface area (TPSA) is 38.3 Å². The summed E-state index contributed by atoms with van der Waals surface area (Å²) in [6.07, 6.45) is 4.00. The van der Waals surface area contributed by atoms with Crippen molar-refractivity contribution in [2.24, 2.45) is 5.92 Å². The summed E-state index contributed by atoms with van der Waals surface area (Å²) in [5.41, 5.74) is -0.347. The van der Waals surface area contributed by atoms with Crippen molar-refractivity contribution in [3.63, 3.8) is 0 Å². The SMILES string of the molecule is CC(C)(C)OC(=O)CC1CCCNCC1. The monoisotopic (exact) mass is 213 g/mol. The van der Waals surface area contributed by atoms with Crippen molar-refractivity contribution in [1.29, 1.82) is 0 Å². The molecule has 0 aliphatic carbocycles. The number of hydrogen-bond donors (Lipinski definition) is 1. The van der Waals surface area contributed by atoms with Gasteiger partial charge in [0.1, 0.15) is 5.60 Å². The smallest absolute Gasteiger partial charge is 0.306 e. The lowest BCUT2D eigenvalue weighted by Gasteiger charge is -2.21. The quantitative estimate of drug-likeness (QED) is 0.714. The van der Waals surface area contributed by atoms with Gasteiger partial charge in [-0.3, -0.25) is 4.79 Å². The van der Waals surface area contributed by atoms with Crippen LogP contribution in [0.1, 0.15) is 46.5 Å². The number of hydrogen-bond acceptors (Lipinski definition) is 3. The number of rotatable bonds is 2. The van der Waals surface area contributed by atoms with Crippen molar-refractivity contribution < 1.29 is 9.53 Å². The first kappa shape index (κ1) is 12.5. The van der Waals surface area contributed by atoms with Crippen LogP contribution < -0.4 is 5.32 Å². The molecule has 0 aromatic rings. The second-order valence-corrected chi connectivity index (χ2v) is 5.34. The van der Waals surface area contributed by atoms with Gasteiger partial charge >= 0.3 is 5.97 Å². The standard InChI is InChI=1S/C12H23NO2/c1-12(2,3)15-11(14)9-10-5-4-7-13-8-6-10/h10,13H,4-9H2,1-3H3. The molecular weight excluding hydrogens is 190 g/mol. The Morgan fingerprint density at radius 3 is 2.73 bits per heavy atom. The summed E-state index contributed by atoms with van der Waals surface area (Å²) in [6, 6.07) is 0. The Bertz CT molecular complexity index is 200. The fraction of sp³-hybridized carbons (Fsp3) is 0.917. The number of esters is 1. The lowest BCUT2D eigenvalue weighted by atomic mass is 9.97. The fourth-order valence-electron chi connectivity index (χ4n) is 1.91. The normalized spacial score (nSPS) is 23.3. The van der Waals surface area contributed by atoms with Crippen molar-refractivity contribution in [3.05, 3.63) is 0 Å². The summed E-state index contributed by atoms with van der Waals surface area (Å²) in [4.78, 5) is 11.6. The predicted octanol–water partition coefficient (Wildman–Crippen LogP) is 2.11. The number of ether oxygens (including phenoxy) is 1. The Kier molecular flexibility index (Phi) is 4.58. The Morgan fingerprint density at radius 1 is 1.33 bits per heavy atom. The summed E-state index contributed by atoms with van der Waals surface area (Å²) < 4.78 is 5.32. The van der Waals surface area contributed by atoms with Gasteiger partial charge in [-0.15, -0.1) is 0 Å². The maximum Gasteiger partial charge on any atom is 0.306 e. The molecule has 1 atom stereocenters. The molecule has 0 amide bonds. The minimum Gasteiger partial charge on any atom is -0.460 e. The van der Waals surface area contributed by atoms with Gasteiger partial charge in [0.25, 0.3) is 0 Å². The zero-order chi connectivity index (χ0) is 11.3. The van der Waals surface area contributed by atoms with Gasteiger partial charge in [-0.1, -0.05) is 0 Å². The molecule has 0 aromatic heterocycles. The molecule has 0 radical (unpaired) electrons. The summed E-state index contributed by atoms with van der Waals surface area (Å²) >= 11 is 0. The van der Waals surface area contributed by atoms with E-state index in [4.69, 9.17) is 4.74 Å². The number of nitrogens with one attached hydrogen (secondary N) is 1. The minimum absolute atomic E-state index is 0.0469. The van der Waals surface area contributed by atoms with E-state index in [1.54, 1.807) is 0 Å². The van der Waals surface area contributed by atoms with Gasteiger partial charge in [0, 0.05) is 6.42 Å². The van der Waals surface area contributed by atoms with Crippen molar-refractivity contribution in [2.75, 3.05) is 13.1 Å². The molecule has 0 bridgehead atoms. The van der Waals surface area contributed by atoms with Gasteiger partial charge in [-0.05, 0) is 59.0 Å². The van der Waals surface area contributed by atoms with Gasteiger partial charge in [-0.25, -0.2) is 0 Å². The average Bonchev–Trinajstić information content (AvgIpc) is 2.28. The number of carbonyl (C=O) groups excluding carboxylic acids is 1. The van der Waals surface area contributed by atoms with Crippen LogP contribution in [0.3, 0.4) is 0 Å². The van der Waals surface area contributed by atoms with E-state index in [9.17, 15) is 4.79 Å². The van der Waals surface area contributed by atoms with Crippen LogP contribution in [0, 0.1) is 5.92 Å². The third-order valence-corrected chi connectivity index (χ3v) is 2.57. The van der Waals surface area contributed by atoms with Gasteiger partial charge in [-0.2, -0.15) is 0 Å². The predicted molar refractivity (Wildman–Crippen MR) is 60.7 cm³/mol. The highest BCUT2D eigenvalue weighted by Gasteiger charge is 2.21. The third-order valence-electron chi connectivity index (χ3n) is 2.57. The second-order valence-electron chi connectivity index (χ2n) is 5.34. The van der Waals surface area contributed by atoms with Crippen LogP contribution in [0.15, 0.2) is 0 Å². The van der Waals surface area contributed by atoms with Crippen LogP contribution in [0.25, 0.3) is 0 Å². The molecule has 1 saturated heterocycles. The lowest BCUT2D eigenvalue weighted by molar-refractivity contribution is -0.156. The summed E-state index contributed by atoms with van der Waals surface area (Å²) in [6.45, 7) is 7.87. The molecule has 0 spiro atoms. The van der Waals surface area contributed by atoms with Gasteiger partial charge < -0.3 is 10.1 Å². The Balaban J connectivity index is 2.30. The van der Waals surface area contributed by atoms with E-state index in [0.29, 0.717) is 12.3 Å². The van der Waals surface area contributed by atoms with E-state index in [2.05, 4.69) is 5.32 Å². The Morgan fingerprint density at radius 2 is 2.07 bits per heavy atom. The first-order valence-electron chi connectivity index (χ1n) is 5.90. The van der Waals surface area contributed by atoms with E-state index in [1.807, 2.05) is 20.8 Å². The zero-order valence-electron chi connectivity index (χ0n) is 10.1. The second kappa shape index (κ2) is 5.50. The largest absolute Gasteiger partial charge is 0.460 e. The zero-order valence-corrected chi connectivity index (χ0v) is 10.1. The van der Waals surface area contributed by atoms with E-state index >= 15 is 0 Å². The molecule has 3 nitrogen and oxygen atoms in total. The lowest BCUT2D eigenvalue weighted by Crippen LogP contribution is -2.25. The van der Waals surface area contributed by atoms with Crippen molar-refractivity contribution in [2.45, 2.75) is 52.1 Å². The molecule has 1 N–H and O–H groups in total. The molecule has 1 heterocycles. The van der Waals surface area contributed by atoms with Gasteiger partial charge in [0.15, 0.2) is 0 Å². The van der Waals surface area contributed by atoms with Crippen molar-refractivity contribution >= 4 is 5.97 Å². The molecule has 0 aromatic carbocycles. The van der Waals surface area contributed by atoms with Crippen LogP contribution in [0.2, 0.25) is 0 Å². The van der Waals surface area contributed by atoms with Crippen LogP contribution in [-0.2, 0) is 9.53 Å². The van der Waals surface area contributed by atoms with Gasteiger partial charge in [0.05, 0.1) is 0 Å². The fourth-order valence-corrected chi connectivity index (χ4v) is 1.91. The molecule has 1 aliphatic heterocycles. The molecule has 1 fully saturated rings. The van der Waals surface area contributed by atoms with Crippen LogP contribution in [0.5, 0.6) is 0 Å². The maximum absolute atomic E-state index is 11.6. The first-order valence-corrected chi connectivity index (χ1v) is 5.90. The maximum atomic E-state index is 11.6. The Labute approximate surface area is 92.6 Å².